The van der Waals surface area contributed by atoms with Crippen molar-refractivity contribution in [1.82, 2.24) is 15.6 Å². The van der Waals surface area contributed by atoms with Crippen LogP contribution in [0.15, 0.2) is 23.2 Å². The lowest BCUT2D eigenvalue weighted by Crippen LogP contribution is -2.41. The van der Waals surface area contributed by atoms with E-state index in [0.717, 1.165) is 24.6 Å². The number of nitrogens with one attached hydrogen (secondary N) is 2. The summed E-state index contributed by atoms with van der Waals surface area (Å²) in [5, 5.41) is 6.57. The molecule has 0 aromatic carbocycles. The van der Waals surface area contributed by atoms with Gasteiger partial charge < -0.3 is 15.4 Å². The molecule has 0 fully saturated rings. The van der Waals surface area contributed by atoms with Gasteiger partial charge in [-0.05, 0) is 26.3 Å². The molecule has 5 heteroatoms. The average Bonchev–Trinajstić information content (AvgIpc) is 2.45. The third-order valence-corrected chi connectivity index (χ3v) is 2.73. The molecule has 1 rings (SSSR count). The quantitative estimate of drug-likeness (QED) is 0.609. The van der Waals surface area contributed by atoms with Crippen molar-refractivity contribution in [3.63, 3.8) is 0 Å². The maximum atomic E-state index is 5.10. The number of rotatable bonds is 6. The van der Waals surface area contributed by atoms with Gasteiger partial charge in [0.1, 0.15) is 0 Å². The molecule has 0 saturated heterocycles. The van der Waals surface area contributed by atoms with Gasteiger partial charge in [-0.3, -0.25) is 0 Å². The summed E-state index contributed by atoms with van der Waals surface area (Å²) in [7, 11) is 1.62. The standard InChI is InChI=1S/C14H24N4O/c1-5-11(3)17-14(15-6-2)16-10-12-8-7-9-13(18-12)19-4/h7-9,11H,5-6,10H2,1-4H3,(H2,15,16,17). The van der Waals surface area contributed by atoms with E-state index in [4.69, 9.17) is 4.74 Å². The van der Waals surface area contributed by atoms with Gasteiger partial charge in [0, 0.05) is 18.7 Å². The average molecular weight is 264 g/mol. The number of hydrogen-bond donors (Lipinski definition) is 2. The van der Waals surface area contributed by atoms with Crippen LogP contribution >= 0.6 is 0 Å². The normalized spacial score (nSPS) is 12.9. The first-order valence-corrected chi connectivity index (χ1v) is 6.74. The number of aliphatic imine (C=N–C) groups is 1. The Balaban J connectivity index is 2.67. The maximum absolute atomic E-state index is 5.10. The Morgan fingerprint density at radius 2 is 2.21 bits per heavy atom. The van der Waals surface area contributed by atoms with Crippen LogP contribution in [0.1, 0.15) is 32.9 Å². The Hall–Kier alpha value is -1.78. The van der Waals surface area contributed by atoms with Crippen molar-refractivity contribution in [2.75, 3.05) is 13.7 Å². The zero-order valence-corrected chi connectivity index (χ0v) is 12.2. The van der Waals surface area contributed by atoms with Crippen molar-refractivity contribution < 1.29 is 4.74 Å². The van der Waals surface area contributed by atoms with Gasteiger partial charge in [0.25, 0.3) is 0 Å². The highest BCUT2D eigenvalue weighted by Gasteiger charge is 2.03. The number of methoxy groups -OCH3 is 1. The predicted octanol–water partition coefficient (Wildman–Crippen LogP) is 1.94. The summed E-state index contributed by atoms with van der Waals surface area (Å²) in [6, 6.07) is 6.09. The van der Waals surface area contributed by atoms with Gasteiger partial charge in [0.2, 0.25) is 5.88 Å². The van der Waals surface area contributed by atoms with Crippen molar-refractivity contribution in [1.29, 1.82) is 0 Å². The van der Waals surface area contributed by atoms with Crippen LogP contribution in [0.3, 0.4) is 0 Å². The zero-order valence-electron chi connectivity index (χ0n) is 12.2. The lowest BCUT2D eigenvalue weighted by Gasteiger charge is -2.16. The lowest BCUT2D eigenvalue weighted by atomic mass is 10.3. The number of nitrogens with zero attached hydrogens (tertiary/aromatic N) is 2. The molecule has 1 aromatic rings. The number of ether oxygens (including phenoxy) is 1. The SMILES string of the molecule is CCNC(=NCc1cccc(OC)n1)NC(C)CC. The smallest absolute Gasteiger partial charge is 0.213 e. The first-order valence-electron chi connectivity index (χ1n) is 6.74. The molecule has 1 aromatic heterocycles. The molecule has 0 aliphatic carbocycles. The molecule has 1 atom stereocenters. The van der Waals surface area contributed by atoms with Crippen molar-refractivity contribution in [3.05, 3.63) is 23.9 Å². The van der Waals surface area contributed by atoms with Gasteiger partial charge in [0.15, 0.2) is 5.96 Å². The summed E-state index contributed by atoms with van der Waals surface area (Å²) < 4.78 is 5.10. The molecule has 0 spiro atoms. The van der Waals surface area contributed by atoms with Crippen LogP contribution in [0.2, 0.25) is 0 Å². The third kappa shape index (κ3) is 5.59. The molecule has 0 radical (unpaired) electrons. The fraction of sp³-hybridized carbons (Fsp3) is 0.571. The Bertz CT molecular complexity index is 406. The van der Waals surface area contributed by atoms with E-state index in [9.17, 15) is 0 Å². The van der Waals surface area contributed by atoms with Crippen LogP contribution in [0.5, 0.6) is 5.88 Å². The number of guanidine groups is 1. The first-order chi connectivity index (χ1) is 9.19. The van der Waals surface area contributed by atoms with Gasteiger partial charge in [0.05, 0.1) is 19.3 Å². The van der Waals surface area contributed by atoms with Crippen LogP contribution in [-0.4, -0.2) is 30.6 Å². The van der Waals surface area contributed by atoms with Gasteiger partial charge >= 0.3 is 0 Å². The second-order valence-corrected chi connectivity index (χ2v) is 4.32. The van der Waals surface area contributed by atoms with Crippen LogP contribution < -0.4 is 15.4 Å². The molecule has 5 nitrogen and oxygen atoms in total. The van der Waals surface area contributed by atoms with E-state index in [-0.39, 0.29) is 0 Å². The van der Waals surface area contributed by atoms with E-state index in [0.29, 0.717) is 18.5 Å². The molecular formula is C14H24N4O. The Labute approximate surface area is 115 Å². The molecule has 1 unspecified atom stereocenters. The van der Waals surface area contributed by atoms with Crippen molar-refractivity contribution in [3.8, 4) is 5.88 Å². The van der Waals surface area contributed by atoms with Crippen LogP contribution in [0, 0.1) is 0 Å². The lowest BCUT2D eigenvalue weighted by molar-refractivity contribution is 0.396. The van der Waals surface area contributed by atoms with Gasteiger partial charge in [-0.1, -0.05) is 13.0 Å². The van der Waals surface area contributed by atoms with Crippen LogP contribution in [-0.2, 0) is 6.54 Å². The van der Waals surface area contributed by atoms with Crippen LogP contribution in [0.4, 0.5) is 0 Å². The van der Waals surface area contributed by atoms with E-state index in [1.54, 1.807) is 7.11 Å². The molecule has 0 aliphatic rings. The largest absolute Gasteiger partial charge is 0.481 e. The summed E-state index contributed by atoms with van der Waals surface area (Å²) in [4.78, 5) is 8.86. The van der Waals surface area contributed by atoms with E-state index in [1.165, 1.54) is 0 Å². The first kappa shape index (κ1) is 15.3. The van der Waals surface area contributed by atoms with Crippen LogP contribution in [0.25, 0.3) is 0 Å². The second-order valence-electron chi connectivity index (χ2n) is 4.32. The highest BCUT2D eigenvalue weighted by Crippen LogP contribution is 2.07. The fourth-order valence-electron chi connectivity index (χ4n) is 1.47. The molecular weight excluding hydrogens is 240 g/mol. The molecule has 1 heterocycles. The molecule has 106 valence electrons. The van der Waals surface area contributed by atoms with E-state index < -0.39 is 0 Å². The molecule has 0 aliphatic heterocycles. The zero-order chi connectivity index (χ0) is 14.1. The molecule has 2 N–H and O–H groups in total. The van der Waals surface area contributed by atoms with Gasteiger partial charge in [-0.2, -0.15) is 0 Å². The number of aromatic nitrogens is 1. The minimum absolute atomic E-state index is 0.399. The summed E-state index contributed by atoms with van der Waals surface area (Å²) >= 11 is 0. The summed E-state index contributed by atoms with van der Waals surface area (Å²) in [6.07, 6.45) is 1.06. The van der Waals surface area contributed by atoms with Crippen molar-refractivity contribution in [2.45, 2.75) is 39.8 Å². The highest BCUT2D eigenvalue weighted by molar-refractivity contribution is 5.79. The minimum Gasteiger partial charge on any atom is -0.481 e. The summed E-state index contributed by atoms with van der Waals surface area (Å²) in [5.74, 6) is 1.44. The topological polar surface area (TPSA) is 58.5 Å². The fourth-order valence-corrected chi connectivity index (χ4v) is 1.47. The molecule has 0 saturated carbocycles. The number of pyridine rings is 1. The Morgan fingerprint density at radius 3 is 2.84 bits per heavy atom. The summed E-state index contributed by atoms with van der Waals surface area (Å²) in [5.41, 5.74) is 0.890. The van der Waals surface area contributed by atoms with E-state index >= 15 is 0 Å². The second kappa shape index (κ2) is 8.34. The van der Waals surface area contributed by atoms with E-state index in [1.807, 2.05) is 18.2 Å². The van der Waals surface area contributed by atoms with Gasteiger partial charge in [-0.25, -0.2) is 9.98 Å². The maximum Gasteiger partial charge on any atom is 0.213 e. The predicted molar refractivity (Wildman–Crippen MR) is 78.5 cm³/mol. The highest BCUT2D eigenvalue weighted by atomic mass is 16.5. The molecule has 0 bridgehead atoms. The van der Waals surface area contributed by atoms with Crippen molar-refractivity contribution >= 4 is 5.96 Å². The molecule has 19 heavy (non-hydrogen) atoms. The van der Waals surface area contributed by atoms with Crippen molar-refractivity contribution in [2.24, 2.45) is 4.99 Å². The third-order valence-electron chi connectivity index (χ3n) is 2.73. The Morgan fingerprint density at radius 1 is 1.42 bits per heavy atom. The number of hydrogen-bond acceptors (Lipinski definition) is 3. The monoisotopic (exact) mass is 264 g/mol. The Kier molecular flexibility index (Phi) is 6.71. The molecule has 0 amide bonds. The minimum atomic E-state index is 0.399. The van der Waals surface area contributed by atoms with Gasteiger partial charge in [-0.15, -0.1) is 0 Å². The summed E-state index contributed by atoms with van der Waals surface area (Å²) in [6.45, 7) is 7.70. The van der Waals surface area contributed by atoms with E-state index in [2.05, 4.69) is 41.4 Å².